The summed E-state index contributed by atoms with van der Waals surface area (Å²) in [6, 6.07) is 3.47. The summed E-state index contributed by atoms with van der Waals surface area (Å²) in [5, 5.41) is 0.591. The number of fused-ring (bicyclic) bond motifs is 1. The minimum atomic E-state index is -3.61. The fraction of sp³-hybridized carbons (Fsp3) is 0.529. The van der Waals surface area contributed by atoms with E-state index >= 15 is 0 Å². The number of nitrogens with zero attached hydrogens (tertiary/aromatic N) is 3. The average Bonchev–Trinajstić information content (AvgIpc) is 2.98. The van der Waals surface area contributed by atoms with Crippen molar-refractivity contribution in [2.24, 2.45) is 5.41 Å². The quantitative estimate of drug-likeness (QED) is 0.900. The number of amides is 1. The molecule has 3 heterocycles. The Morgan fingerprint density at radius 2 is 1.92 bits per heavy atom. The smallest absolute Gasteiger partial charge is 0.245 e. The van der Waals surface area contributed by atoms with Crippen LogP contribution in [0, 0.1) is 5.41 Å². The molecular weight excluding hydrogens is 340 g/mol. The number of sulfonamides is 1. The summed E-state index contributed by atoms with van der Waals surface area (Å²) in [7, 11) is -3.61. The molecule has 7 nitrogen and oxygen atoms in total. The van der Waals surface area contributed by atoms with E-state index < -0.39 is 10.0 Å². The highest BCUT2D eigenvalue weighted by molar-refractivity contribution is 7.89. The van der Waals surface area contributed by atoms with E-state index in [-0.39, 0.29) is 16.2 Å². The van der Waals surface area contributed by atoms with Crippen molar-refractivity contribution in [3.63, 3.8) is 0 Å². The molecule has 1 aliphatic heterocycles. The topological polar surface area (TPSA) is 86.4 Å². The van der Waals surface area contributed by atoms with Gasteiger partial charge >= 0.3 is 0 Å². The highest BCUT2D eigenvalue weighted by Gasteiger charge is 2.32. The maximum Gasteiger partial charge on any atom is 0.245 e. The number of nitrogens with one attached hydrogen (secondary N) is 1. The Hall–Kier alpha value is -1.93. The number of aromatic amines is 1. The van der Waals surface area contributed by atoms with E-state index in [1.807, 2.05) is 20.8 Å². The normalized spacial score (nSPS) is 17.2. The molecular formula is C17H24N4O3S. The lowest BCUT2D eigenvalue weighted by atomic mass is 9.91. The number of piperazine rings is 1. The molecule has 1 amide bonds. The van der Waals surface area contributed by atoms with Crippen molar-refractivity contribution < 1.29 is 13.2 Å². The van der Waals surface area contributed by atoms with Crippen molar-refractivity contribution in [2.45, 2.75) is 32.1 Å². The van der Waals surface area contributed by atoms with Crippen LogP contribution in [0.5, 0.6) is 0 Å². The molecule has 3 rings (SSSR count). The Morgan fingerprint density at radius 1 is 1.24 bits per heavy atom. The zero-order valence-electron chi connectivity index (χ0n) is 14.8. The molecule has 0 unspecified atom stereocenters. The van der Waals surface area contributed by atoms with Crippen molar-refractivity contribution in [1.82, 2.24) is 19.2 Å². The van der Waals surface area contributed by atoms with Gasteiger partial charge in [-0.1, -0.05) is 20.8 Å². The number of hydrogen-bond acceptors (Lipinski definition) is 4. The molecule has 1 fully saturated rings. The van der Waals surface area contributed by atoms with Crippen LogP contribution in [0.2, 0.25) is 0 Å². The van der Waals surface area contributed by atoms with Gasteiger partial charge in [0.15, 0.2) is 0 Å². The first kappa shape index (κ1) is 17.9. The third-order valence-electron chi connectivity index (χ3n) is 4.30. The van der Waals surface area contributed by atoms with E-state index in [9.17, 15) is 13.2 Å². The van der Waals surface area contributed by atoms with E-state index in [1.54, 1.807) is 23.2 Å². The first-order valence-electron chi connectivity index (χ1n) is 8.38. The van der Waals surface area contributed by atoms with Gasteiger partial charge in [-0.2, -0.15) is 4.31 Å². The van der Waals surface area contributed by atoms with Crippen LogP contribution in [0.15, 0.2) is 29.4 Å². The molecule has 0 aromatic carbocycles. The molecule has 0 spiro atoms. The molecule has 0 bridgehead atoms. The molecule has 2 aromatic rings. The SMILES string of the molecule is CC(C)(C)CC(=O)N1CCN(S(=O)(=O)c2c[nH]c3ncccc23)CC1. The molecule has 2 aromatic heterocycles. The van der Waals surface area contributed by atoms with Gasteiger partial charge in [0.25, 0.3) is 0 Å². The van der Waals surface area contributed by atoms with E-state index in [1.165, 1.54) is 10.5 Å². The van der Waals surface area contributed by atoms with Crippen LogP contribution in [-0.4, -0.2) is 59.7 Å². The van der Waals surface area contributed by atoms with Gasteiger partial charge in [0.1, 0.15) is 10.5 Å². The molecule has 1 N–H and O–H groups in total. The summed E-state index contributed by atoms with van der Waals surface area (Å²) < 4.78 is 27.3. The Kier molecular flexibility index (Phi) is 4.59. The van der Waals surface area contributed by atoms with Gasteiger partial charge in [0, 0.05) is 50.4 Å². The van der Waals surface area contributed by atoms with Crippen LogP contribution in [-0.2, 0) is 14.8 Å². The fourth-order valence-corrected chi connectivity index (χ4v) is 4.60. The van der Waals surface area contributed by atoms with E-state index in [0.29, 0.717) is 43.6 Å². The number of carbonyl (C=O) groups excluding carboxylic acids is 1. The Balaban J connectivity index is 1.73. The molecule has 0 atom stereocenters. The summed E-state index contributed by atoms with van der Waals surface area (Å²) in [5.74, 6) is 0.0841. The first-order chi connectivity index (χ1) is 11.7. The maximum atomic E-state index is 12.9. The minimum absolute atomic E-state index is 0.0721. The Morgan fingerprint density at radius 3 is 2.56 bits per heavy atom. The van der Waals surface area contributed by atoms with Gasteiger partial charge in [-0.05, 0) is 17.5 Å². The van der Waals surface area contributed by atoms with Crippen LogP contribution in [0.25, 0.3) is 11.0 Å². The molecule has 1 saturated heterocycles. The lowest BCUT2D eigenvalue weighted by molar-refractivity contribution is -0.134. The average molecular weight is 364 g/mol. The minimum Gasteiger partial charge on any atom is -0.345 e. The third-order valence-corrected chi connectivity index (χ3v) is 6.24. The molecule has 1 aliphatic rings. The van der Waals surface area contributed by atoms with Gasteiger partial charge < -0.3 is 9.88 Å². The lowest BCUT2D eigenvalue weighted by Gasteiger charge is -2.35. The Labute approximate surface area is 148 Å². The van der Waals surface area contributed by atoms with Crippen LogP contribution >= 0.6 is 0 Å². The van der Waals surface area contributed by atoms with Crippen LogP contribution in [0.1, 0.15) is 27.2 Å². The molecule has 0 aliphatic carbocycles. The van der Waals surface area contributed by atoms with E-state index in [0.717, 1.165) is 0 Å². The summed E-state index contributed by atoms with van der Waals surface area (Å²) >= 11 is 0. The van der Waals surface area contributed by atoms with Gasteiger partial charge in [0.05, 0.1) is 0 Å². The first-order valence-corrected chi connectivity index (χ1v) is 9.82. The largest absolute Gasteiger partial charge is 0.345 e. The van der Waals surface area contributed by atoms with Crippen LogP contribution in [0.3, 0.4) is 0 Å². The highest BCUT2D eigenvalue weighted by atomic mass is 32.2. The molecule has 25 heavy (non-hydrogen) atoms. The molecule has 0 radical (unpaired) electrons. The lowest BCUT2D eigenvalue weighted by Crippen LogP contribution is -2.50. The monoisotopic (exact) mass is 364 g/mol. The van der Waals surface area contributed by atoms with Gasteiger partial charge in [-0.15, -0.1) is 0 Å². The second-order valence-electron chi connectivity index (χ2n) is 7.57. The zero-order valence-corrected chi connectivity index (χ0v) is 15.6. The Bertz CT molecular complexity index is 875. The number of aromatic nitrogens is 2. The van der Waals surface area contributed by atoms with Crippen molar-refractivity contribution >= 4 is 27.0 Å². The van der Waals surface area contributed by atoms with Gasteiger partial charge in [0.2, 0.25) is 15.9 Å². The maximum absolute atomic E-state index is 12.9. The summed E-state index contributed by atoms with van der Waals surface area (Å²) in [5.41, 5.74) is 0.484. The fourth-order valence-electron chi connectivity index (χ4n) is 3.03. The number of rotatable bonds is 3. The second-order valence-corrected chi connectivity index (χ2v) is 9.48. The van der Waals surface area contributed by atoms with Crippen LogP contribution < -0.4 is 0 Å². The second kappa shape index (κ2) is 6.42. The highest BCUT2D eigenvalue weighted by Crippen LogP contribution is 2.26. The molecule has 0 saturated carbocycles. The molecule has 136 valence electrons. The number of H-pyrrole nitrogens is 1. The molecule has 8 heteroatoms. The predicted molar refractivity (Wildman–Crippen MR) is 95.5 cm³/mol. The van der Waals surface area contributed by atoms with Crippen molar-refractivity contribution in [3.05, 3.63) is 24.5 Å². The van der Waals surface area contributed by atoms with Crippen LogP contribution in [0.4, 0.5) is 0 Å². The summed E-state index contributed by atoms with van der Waals surface area (Å²) in [6.45, 7) is 7.55. The predicted octanol–water partition coefficient (Wildman–Crippen LogP) is 1.83. The summed E-state index contributed by atoms with van der Waals surface area (Å²) in [4.78, 5) is 21.4. The van der Waals surface area contributed by atoms with Crippen molar-refractivity contribution in [2.75, 3.05) is 26.2 Å². The number of carbonyl (C=O) groups is 1. The number of pyridine rings is 1. The van der Waals surface area contributed by atoms with E-state index in [2.05, 4.69) is 9.97 Å². The van der Waals surface area contributed by atoms with Crippen molar-refractivity contribution in [1.29, 1.82) is 0 Å². The van der Waals surface area contributed by atoms with E-state index in [4.69, 9.17) is 0 Å². The van der Waals surface area contributed by atoms with Gasteiger partial charge in [-0.25, -0.2) is 13.4 Å². The number of hydrogen-bond donors (Lipinski definition) is 1. The summed E-state index contributed by atoms with van der Waals surface area (Å²) in [6.07, 6.45) is 3.58. The third kappa shape index (κ3) is 3.69. The van der Waals surface area contributed by atoms with Gasteiger partial charge in [-0.3, -0.25) is 4.79 Å². The standard InChI is InChI=1S/C17H24N4O3S/c1-17(2,3)11-15(22)20-7-9-21(10-8-20)25(23,24)14-12-19-16-13(14)5-4-6-18-16/h4-6,12H,7-11H2,1-3H3,(H,18,19). The zero-order chi connectivity index (χ0) is 18.2. The van der Waals surface area contributed by atoms with Crippen molar-refractivity contribution in [3.8, 4) is 0 Å².